The van der Waals surface area contributed by atoms with Crippen molar-refractivity contribution in [3.8, 4) is 0 Å². The van der Waals surface area contributed by atoms with E-state index in [1.54, 1.807) is 0 Å². The van der Waals surface area contributed by atoms with Gasteiger partial charge in [0.15, 0.2) is 0 Å². The Morgan fingerprint density at radius 1 is 1.26 bits per heavy atom. The average molecular weight is 291 g/mol. The van der Waals surface area contributed by atoms with Crippen molar-refractivity contribution in [1.29, 1.82) is 0 Å². The van der Waals surface area contributed by atoms with Gasteiger partial charge in [0.1, 0.15) is 0 Å². The Bertz CT molecular complexity index is 269. The molecule has 0 radical (unpaired) electrons. The normalized spacial score (nSPS) is 25.8. The zero-order valence-corrected chi connectivity index (χ0v) is 13.6. The number of rotatable bonds is 6. The summed E-state index contributed by atoms with van der Waals surface area (Å²) < 4.78 is 0. The fraction of sp³-hybridized carbons (Fsp3) is 0.933. The number of nitrogens with two attached hydrogens (primary N) is 1. The summed E-state index contributed by atoms with van der Waals surface area (Å²) in [6, 6.07) is 0.318. The molecular weight excluding hydrogens is 260 g/mol. The number of hydrogen-bond donors (Lipinski definition) is 2. The van der Waals surface area contributed by atoms with Gasteiger partial charge in [0.25, 0.3) is 0 Å². The lowest BCUT2D eigenvalue weighted by Gasteiger charge is -2.24. The maximum absolute atomic E-state index is 12.0. The molecule has 0 aromatic carbocycles. The van der Waals surface area contributed by atoms with Crippen LogP contribution in [0.25, 0.3) is 0 Å². The predicted octanol–water partition coefficient (Wildman–Crippen LogP) is 3.11. The lowest BCUT2D eigenvalue weighted by molar-refractivity contribution is -0.125. The minimum absolute atomic E-state index is 0. The monoisotopic (exact) mass is 290 g/mol. The van der Waals surface area contributed by atoms with Crippen LogP contribution in [0.2, 0.25) is 0 Å². The Kier molecular flexibility index (Phi) is 8.67. The van der Waals surface area contributed by atoms with E-state index in [4.69, 9.17) is 5.73 Å². The van der Waals surface area contributed by atoms with Gasteiger partial charge in [-0.2, -0.15) is 0 Å². The Morgan fingerprint density at radius 3 is 2.42 bits per heavy atom. The average Bonchev–Trinajstić information content (AvgIpc) is 2.72. The van der Waals surface area contributed by atoms with E-state index in [0.29, 0.717) is 12.0 Å². The fourth-order valence-corrected chi connectivity index (χ4v) is 2.67. The van der Waals surface area contributed by atoms with Gasteiger partial charge < -0.3 is 11.1 Å². The van der Waals surface area contributed by atoms with Crippen LogP contribution >= 0.6 is 12.4 Å². The first-order chi connectivity index (χ1) is 8.41. The van der Waals surface area contributed by atoms with Crippen LogP contribution in [-0.2, 0) is 4.79 Å². The van der Waals surface area contributed by atoms with E-state index in [0.717, 1.165) is 12.3 Å². The molecule has 0 spiro atoms. The topological polar surface area (TPSA) is 55.1 Å². The lowest BCUT2D eigenvalue weighted by Crippen LogP contribution is -2.44. The van der Waals surface area contributed by atoms with Gasteiger partial charge in [0, 0.05) is 18.0 Å². The van der Waals surface area contributed by atoms with Crippen LogP contribution in [0.4, 0.5) is 0 Å². The molecule has 3 N–H and O–H groups in total. The Morgan fingerprint density at radius 2 is 1.89 bits per heavy atom. The third-order valence-electron chi connectivity index (χ3n) is 4.30. The van der Waals surface area contributed by atoms with Crippen LogP contribution in [0.5, 0.6) is 0 Å². The van der Waals surface area contributed by atoms with Crippen molar-refractivity contribution in [2.75, 3.05) is 0 Å². The second kappa shape index (κ2) is 8.80. The largest absolute Gasteiger partial charge is 0.353 e. The third-order valence-corrected chi connectivity index (χ3v) is 4.30. The SMILES string of the molecule is CC(C)CCC1CCCC1NC(=O)C(C)C(C)N.Cl. The summed E-state index contributed by atoms with van der Waals surface area (Å²) in [4.78, 5) is 12.0. The number of hydrogen-bond acceptors (Lipinski definition) is 2. The molecule has 1 amide bonds. The van der Waals surface area contributed by atoms with E-state index in [1.807, 2.05) is 13.8 Å². The second-order valence-corrected chi connectivity index (χ2v) is 6.43. The number of halogens is 1. The van der Waals surface area contributed by atoms with Crippen molar-refractivity contribution in [3.63, 3.8) is 0 Å². The van der Waals surface area contributed by atoms with E-state index in [2.05, 4.69) is 19.2 Å². The first-order valence-electron chi connectivity index (χ1n) is 7.47. The van der Waals surface area contributed by atoms with Crippen LogP contribution in [0.1, 0.15) is 59.8 Å². The fourth-order valence-electron chi connectivity index (χ4n) is 2.67. The summed E-state index contributed by atoms with van der Waals surface area (Å²) in [6.45, 7) is 8.34. The molecule has 19 heavy (non-hydrogen) atoms. The van der Waals surface area contributed by atoms with Crippen molar-refractivity contribution in [3.05, 3.63) is 0 Å². The van der Waals surface area contributed by atoms with Crippen LogP contribution in [0.3, 0.4) is 0 Å². The minimum atomic E-state index is -0.0867. The highest BCUT2D eigenvalue weighted by molar-refractivity contribution is 5.85. The molecule has 4 atom stereocenters. The van der Waals surface area contributed by atoms with Crippen LogP contribution in [-0.4, -0.2) is 18.0 Å². The van der Waals surface area contributed by atoms with E-state index in [1.165, 1.54) is 25.7 Å². The van der Waals surface area contributed by atoms with Gasteiger partial charge in [-0.25, -0.2) is 0 Å². The molecule has 1 rings (SSSR count). The molecular formula is C15H31ClN2O. The van der Waals surface area contributed by atoms with Gasteiger partial charge >= 0.3 is 0 Å². The summed E-state index contributed by atoms with van der Waals surface area (Å²) in [5, 5.41) is 3.21. The van der Waals surface area contributed by atoms with E-state index in [9.17, 15) is 4.79 Å². The first kappa shape index (κ1) is 18.7. The minimum Gasteiger partial charge on any atom is -0.353 e. The molecule has 4 unspecified atom stereocenters. The quantitative estimate of drug-likeness (QED) is 0.790. The Hall–Kier alpha value is -0.280. The Labute approximate surface area is 124 Å². The zero-order chi connectivity index (χ0) is 13.7. The third kappa shape index (κ3) is 6.13. The second-order valence-electron chi connectivity index (χ2n) is 6.43. The maximum Gasteiger partial charge on any atom is 0.224 e. The molecule has 114 valence electrons. The van der Waals surface area contributed by atoms with Crippen LogP contribution in [0.15, 0.2) is 0 Å². The van der Waals surface area contributed by atoms with Crippen LogP contribution in [0, 0.1) is 17.8 Å². The number of carbonyl (C=O) groups excluding carboxylic acids is 1. The molecule has 0 aromatic heterocycles. The molecule has 0 aromatic rings. The summed E-state index contributed by atoms with van der Waals surface area (Å²) in [6.07, 6.45) is 6.17. The van der Waals surface area contributed by atoms with Crippen molar-refractivity contribution in [2.45, 2.75) is 71.9 Å². The number of carbonyl (C=O) groups is 1. The first-order valence-corrected chi connectivity index (χ1v) is 7.47. The van der Waals surface area contributed by atoms with Gasteiger partial charge in [-0.05, 0) is 38.0 Å². The van der Waals surface area contributed by atoms with Gasteiger partial charge in [0.2, 0.25) is 5.91 Å². The summed E-state index contributed by atoms with van der Waals surface area (Å²) in [7, 11) is 0. The molecule has 4 heteroatoms. The van der Waals surface area contributed by atoms with Gasteiger partial charge in [-0.1, -0.05) is 33.6 Å². The number of amides is 1. The van der Waals surface area contributed by atoms with E-state index in [-0.39, 0.29) is 30.3 Å². The summed E-state index contributed by atoms with van der Waals surface area (Å²) in [5.74, 6) is 1.48. The highest BCUT2D eigenvalue weighted by Gasteiger charge is 2.30. The molecule has 0 bridgehead atoms. The summed E-state index contributed by atoms with van der Waals surface area (Å²) in [5.41, 5.74) is 5.78. The molecule has 0 aliphatic heterocycles. The molecule has 1 aliphatic rings. The molecule has 0 saturated heterocycles. The van der Waals surface area contributed by atoms with E-state index < -0.39 is 0 Å². The molecule has 1 saturated carbocycles. The highest BCUT2D eigenvalue weighted by atomic mass is 35.5. The van der Waals surface area contributed by atoms with Crippen molar-refractivity contribution < 1.29 is 4.79 Å². The van der Waals surface area contributed by atoms with Gasteiger partial charge in [0.05, 0.1) is 0 Å². The van der Waals surface area contributed by atoms with Crippen molar-refractivity contribution >= 4 is 18.3 Å². The van der Waals surface area contributed by atoms with Crippen LogP contribution < -0.4 is 11.1 Å². The smallest absolute Gasteiger partial charge is 0.224 e. The highest BCUT2D eigenvalue weighted by Crippen LogP contribution is 2.30. The van der Waals surface area contributed by atoms with Crippen molar-refractivity contribution in [2.24, 2.45) is 23.5 Å². The molecule has 0 heterocycles. The van der Waals surface area contributed by atoms with Gasteiger partial charge in [-0.3, -0.25) is 4.79 Å². The van der Waals surface area contributed by atoms with Crippen molar-refractivity contribution in [1.82, 2.24) is 5.32 Å². The molecule has 3 nitrogen and oxygen atoms in total. The summed E-state index contributed by atoms with van der Waals surface area (Å²) >= 11 is 0. The molecule has 1 fully saturated rings. The maximum atomic E-state index is 12.0. The van der Waals surface area contributed by atoms with Gasteiger partial charge in [-0.15, -0.1) is 12.4 Å². The standard InChI is InChI=1S/C15H30N2O.ClH/c1-10(2)8-9-13-6-5-7-14(13)17-15(18)11(3)12(4)16;/h10-14H,5-9,16H2,1-4H3,(H,17,18);1H. The predicted molar refractivity (Wildman–Crippen MR) is 83.4 cm³/mol. The Balaban J connectivity index is 0.00000324. The lowest BCUT2D eigenvalue weighted by atomic mass is 9.93. The zero-order valence-electron chi connectivity index (χ0n) is 12.8. The number of nitrogens with one attached hydrogen (secondary N) is 1. The molecule has 1 aliphatic carbocycles. The van der Waals surface area contributed by atoms with E-state index >= 15 is 0 Å².